The van der Waals surface area contributed by atoms with Crippen molar-refractivity contribution in [1.82, 2.24) is 5.32 Å². The maximum absolute atomic E-state index is 12.9. The lowest BCUT2D eigenvalue weighted by molar-refractivity contribution is -0.402. The average molecular weight is 369 g/mol. The van der Waals surface area contributed by atoms with E-state index >= 15 is 0 Å². The van der Waals surface area contributed by atoms with Crippen molar-refractivity contribution in [3.8, 4) is 0 Å². The fourth-order valence-electron chi connectivity index (χ4n) is 3.05. The molecule has 9 nitrogen and oxygen atoms in total. The summed E-state index contributed by atoms with van der Waals surface area (Å²) in [6.45, 7) is 5.40. The van der Waals surface area contributed by atoms with Crippen LogP contribution in [0.15, 0.2) is 34.3 Å². The third-order valence-electron chi connectivity index (χ3n) is 4.04. The molecule has 1 aliphatic heterocycles. The van der Waals surface area contributed by atoms with Crippen LogP contribution < -0.4 is 10.2 Å². The quantitative estimate of drug-likeness (QED) is 0.384. The predicted molar refractivity (Wildman–Crippen MR) is 95.0 cm³/mol. The molecule has 1 aromatic carbocycles. The number of barbiturate groups is 1. The van der Waals surface area contributed by atoms with Crippen LogP contribution in [-0.2, 0) is 9.59 Å². The summed E-state index contributed by atoms with van der Waals surface area (Å²) >= 11 is 0. The van der Waals surface area contributed by atoms with Gasteiger partial charge in [-0.05, 0) is 44.0 Å². The van der Waals surface area contributed by atoms with Crippen molar-refractivity contribution in [1.29, 1.82) is 0 Å². The number of nitro groups is 1. The topological polar surface area (TPSA) is 123 Å². The zero-order chi connectivity index (χ0) is 19.9. The van der Waals surface area contributed by atoms with E-state index in [0.717, 1.165) is 22.6 Å². The molecule has 0 bridgehead atoms. The smallest absolute Gasteiger partial charge is 0.401 e. The summed E-state index contributed by atoms with van der Waals surface area (Å²) in [5, 5.41) is 12.8. The minimum atomic E-state index is -0.900. The van der Waals surface area contributed by atoms with Gasteiger partial charge in [-0.2, -0.15) is 0 Å². The van der Waals surface area contributed by atoms with Gasteiger partial charge in [-0.1, -0.05) is 17.7 Å². The molecule has 4 amide bonds. The molecule has 3 rings (SSSR count). The van der Waals surface area contributed by atoms with Crippen LogP contribution in [0.3, 0.4) is 0 Å². The number of hydrogen-bond donors (Lipinski definition) is 1. The highest BCUT2D eigenvalue weighted by Crippen LogP contribution is 2.30. The molecule has 2 aromatic rings. The second-order valence-corrected chi connectivity index (χ2v) is 6.14. The zero-order valence-corrected chi connectivity index (χ0v) is 14.7. The number of urea groups is 1. The summed E-state index contributed by atoms with van der Waals surface area (Å²) in [4.78, 5) is 48.2. The molecule has 0 atom stereocenters. The zero-order valence-electron chi connectivity index (χ0n) is 14.7. The van der Waals surface area contributed by atoms with Crippen molar-refractivity contribution < 1.29 is 23.7 Å². The van der Waals surface area contributed by atoms with Crippen LogP contribution >= 0.6 is 0 Å². The summed E-state index contributed by atoms with van der Waals surface area (Å²) in [7, 11) is 0. The fourth-order valence-corrected chi connectivity index (χ4v) is 3.05. The minimum absolute atomic E-state index is 0.0492. The summed E-state index contributed by atoms with van der Waals surface area (Å²) in [6, 6.07) is 5.14. The highest BCUT2D eigenvalue weighted by atomic mass is 16.6. The minimum Gasteiger partial charge on any atom is -0.401 e. The van der Waals surface area contributed by atoms with Gasteiger partial charge >= 0.3 is 11.9 Å². The third-order valence-corrected chi connectivity index (χ3v) is 4.04. The van der Waals surface area contributed by atoms with Gasteiger partial charge in [0.2, 0.25) is 0 Å². The van der Waals surface area contributed by atoms with E-state index in [1.807, 2.05) is 19.1 Å². The number of carbonyl (C=O) groups excluding carboxylic acids is 3. The number of aryl methyl sites for hydroxylation is 3. The second-order valence-electron chi connectivity index (χ2n) is 6.14. The van der Waals surface area contributed by atoms with Crippen LogP contribution in [0.25, 0.3) is 6.08 Å². The lowest BCUT2D eigenvalue weighted by atomic mass is 10.0. The van der Waals surface area contributed by atoms with Gasteiger partial charge in [-0.3, -0.25) is 25.0 Å². The normalized spacial score (nSPS) is 16.0. The van der Waals surface area contributed by atoms with Gasteiger partial charge in [-0.25, -0.2) is 9.69 Å². The number of furan rings is 1. The molecule has 27 heavy (non-hydrogen) atoms. The number of benzene rings is 1. The van der Waals surface area contributed by atoms with Crippen LogP contribution in [0.1, 0.15) is 22.5 Å². The number of rotatable bonds is 3. The molecular formula is C18H15N3O6. The summed E-state index contributed by atoms with van der Waals surface area (Å²) in [5.74, 6) is -2.31. The van der Waals surface area contributed by atoms with Crippen molar-refractivity contribution in [3.05, 3.63) is 62.4 Å². The van der Waals surface area contributed by atoms with Crippen LogP contribution in [-0.4, -0.2) is 22.8 Å². The number of carbonyl (C=O) groups is 3. The Bertz CT molecular complexity index is 1010. The molecule has 0 aliphatic carbocycles. The number of nitrogens with one attached hydrogen (secondary N) is 1. The Kier molecular flexibility index (Phi) is 4.36. The molecule has 1 aliphatic rings. The predicted octanol–water partition coefficient (Wildman–Crippen LogP) is 2.78. The highest BCUT2D eigenvalue weighted by Gasteiger charge is 2.38. The average Bonchev–Trinajstić information content (AvgIpc) is 3.02. The van der Waals surface area contributed by atoms with Gasteiger partial charge < -0.3 is 4.42 Å². The summed E-state index contributed by atoms with van der Waals surface area (Å²) < 4.78 is 4.96. The van der Waals surface area contributed by atoms with Gasteiger partial charge in [0.25, 0.3) is 11.8 Å². The Hall–Kier alpha value is -3.75. The van der Waals surface area contributed by atoms with Crippen molar-refractivity contribution >= 4 is 35.5 Å². The molecule has 1 saturated heterocycles. The Labute approximate surface area is 153 Å². The molecular weight excluding hydrogens is 354 g/mol. The van der Waals surface area contributed by atoms with Crippen LogP contribution in [0.5, 0.6) is 0 Å². The van der Waals surface area contributed by atoms with Crippen molar-refractivity contribution in [2.45, 2.75) is 20.8 Å². The molecule has 1 aromatic heterocycles. The maximum atomic E-state index is 12.9. The van der Waals surface area contributed by atoms with E-state index in [1.165, 1.54) is 6.07 Å². The van der Waals surface area contributed by atoms with Gasteiger partial charge in [0, 0.05) is 0 Å². The molecule has 9 heteroatoms. The highest BCUT2D eigenvalue weighted by molar-refractivity contribution is 6.39. The van der Waals surface area contributed by atoms with Gasteiger partial charge in [-0.15, -0.1) is 0 Å². The first-order chi connectivity index (χ1) is 12.7. The first kappa shape index (κ1) is 18.1. The fraction of sp³-hybridized carbons (Fsp3) is 0.167. The van der Waals surface area contributed by atoms with E-state index in [4.69, 9.17) is 4.42 Å². The van der Waals surface area contributed by atoms with E-state index in [1.54, 1.807) is 13.8 Å². The molecule has 0 saturated carbocycles. The molecule has 2 heterocycles. The molecule has 0 unspecified atom stereocenters. The number of amides is 4. The second kappa shape index (κ2) is 6.52. The van der Waals surface area contributed by atoms with Crippen LogP contribution in [0.4, 0.5) is 16.4 Å². The van der Waals surface area contributed by atoms with Gasteiger partial charge in [0.1, 0.15) is 16.3 Å². The number of nitrogens with zero attached hydrogens (tertiary/aromatic N) is 2. The molecule has 1 N–H and O–H groups in total. The number of hydrogen-bond acceptors (Lipinski definition) is 6. The monoisotopic (exact) mass is 369 g/mol. The van der Waals surface area contributed by atoms with E-state index in [9.17, 15) is 24.5 Å². The van der Waals surface area contributed by atoms with Crippen molar-refractivity contribution in [2.24, 2.45) is 0 Å². The first-order valence-corrected chi connectivity index (χ1v) is 7.92. The molecule has 138 valence electrons. The standard InChI is InChI=1S/C18H15N3O6/c1-9-6-10(2)15(11(3)7-9)20-17(23)13(16(22)19-18(20)24)8-12-4-5-14(27-12)21(25)26/h4-8H,1-3H3,(H,19,22,24). The van der Waals surface area contributed by atoms with Crippen molar-refractivity contribution in [2.75, 3.05) is 4.90 Å². The van der Waals surface area contributed by atoms with E-state index in [2.05, 4.69) is 5.32 Å². The summed E-state index contributed by atoms with van der Waals surface area (Å²) in [5.41, 5.74) is 2.37. The lowest BCUT2D eigenvalue weighted by Gasteiger charge is -2.29. The number of anilines is 1. The maximum Gasteiger partial charge on any atom is 0.433 e. The Balaban J connectivity index is 2.06. The number of imide groups is 2. The van der Waals surface area contributed by atoms with Crippen LogP contribution in [0.2, 0.25) is 0 Å². The third kappa shape index (κ3) is 3.22. The van der Waals surface area contributed by atoms with Gasteiger partial charge in [0.05, 0.1) is 11.8 Å². The van der Waals surface area contributed by atoms with E-state index < -0.39 is 28.7 Å². The summed E-state index contributed by atoms with van der Waals surface area (Å²) in [6.07, 6.45) is 1.07. The van der Waals surface area contributed by atoms with E-state index in [-0.39, 0.29) is 11.3 Å². The van der Waals surface area contributed by atoms with Crippen molar-refractivity contribution in [3.63, 3.8) is 0 Å². The first-order valence-electron chi connectivity index (χ1n) is 7.92. The van der Waals surface area contributed by atoms with Crippen LogP contribution in [0, 0.1) is 30.9 Å². The Morgan fingerprint density at radius 2 is 1.74 bits per heavy atom. The molecule has 0 radical (unpaired) electrons. The lowest BCUT2D eigenvalue weighted by Crippen LogP contribution is -2.54. The molecule has 1 fully saturated rings. The van der Waals surface area contributed by atoms with E-state index in [0.29, 0.717) is 16.8 Å². The molecule has 0 spiro atoms. The SMILES string of the molecule is Cc1cc(C)c(N2C(=O)NC(=O)C(=Cc3ccc([N+](=O)[O-])o3)C2=O)c(C)c1. The Morgan fingerprint density at radius 3 is 2.30 bits per heavy atom. The van der Waals surface area contributed by atoms with Gasteiger partial charge in [0.15, 0.2) is 0 Å². The largest absolute Gasteiger partial charge is 0.433 e. The Morgan fingerprint density at radius 1 is 1.11 bits per heavy atom.